The number of methoxy groups -OCH3 is 1. The van der Waals surface area contributed by atoms with Crippen LogP contribution in [0.25, 0.3) is 0 Å². The number of rotatable bonds is 9. The van der Waals surface area contributed by atoms with Crippen LogP contribution in [0.2, 0.25) is 0 Å². The number of nitrogens with zero attached hydrogens (tertiary/aromatic N) is 2. The van der Waals surface area contributed by atoms with Crippen molar-refractivity contribution < 1.29 is 4.74 Å². The molecule has 0 aliphatic carbocycles. The lowest BCUT2D eigenvalue weighted by atomic mass is 10.2. The molecule has 0 amide bonds. The van der Waals surface area contributed by atoms with Crippen molar-refractivity contribution in [1.82, 2.24) is 15.5 Å². The number of guanidine groups is 1. The summed E-state index contributed by atoms with van der Waals surface area (Å²) in [6.45, 7) is 4.50. The van der Waals surface area contributed by atoms with E-state index in [-0.39, 0.29) is 24.0 Å². The van der Waals surface area contributed by atoms with Crippen LogP contribution in [0.15, 0.2) is 35.3 Å². The fraction of sp³-hybridized carbons (Fsp3) is 0.562. The van der Waals surface area contributed by atoms with E-state index in [1.54, 1.807) is 14.2 Å². The van der Waals surface area contributed by atoms with Crippen molar-refractivity contribution in [3.63, 3.8) is 0 Å². The summed E-state index contributed by atoms with van der Waals surface area (Å²) in [5.74, 6) is 0.837. The van der Waals surface area contributed by atoms with E-state index in [9.17, 15) is 0 Å². The van der Waals surface area contributed by atoms with E-state index in [1.165, 1.54) is 5.56 Å². The molecule has 0 radical (unpaired) electrons. The number of nitrogens with one attached hydrogen (secondary N) is 2. The first-order chi connectivity index (χ1) is 10.3. The van der Waals surface area contributed by atoms with Gasteiger partial charge in [0.2, 0.25) is 0 Å². The number of hydrogen-bond donors (Lipinski definition) is 2. The van der Waals surface area contributed by atoms with Crippen molar-refractivity contribution in [2.24, 2.45) is 4.99 Å². The minimum atomic E-state index is 0. The predicted molar refractivity (Wildman–Crippen MR) is 104 cm³/mol. The van der Waals surface area contributed by atoms with Gasteiger partial charge in [-0.15, -0.1) is 24.0 Å². The van der Waals surface area contributed by atoms with Gasteiger partial charge in [-0.05, 0) is 19.0 Å². The van der Waals surface area contributed by atoms with Crippen LogP contribution in [0, 0.1) is 0 Å². The van der Waals surface area contributed by atoms with Gasteiger partial charge in [0.15, 0.2) is 5.96 Å². The highest BCUT2D eigenvalue weighted by Gasteiger charge is 2.00. The van der Waals surface area contributed by atoms with E-state index in [1.807, 2.05) is 18.2 Å². The number of hydrogen-bond acceptors (Lipinski definition) is 3. The molecule has 0 spiro atoms. The Bertz CT molecular complexity index is 400. The molecule has 126 valence electrons. The maximum absolute atomic E-state index is 5.05. The lowest BCUT2D eigenvalue weighted by Crippen LogP contribution is -2.40. The summed E-state index contributed by atoms with van der Waals surface area (Å²) in [7, 11) is 5.66. The van der Waals surface area contributed by atoms with Gasteiger partial charge in [0, 0.05) is 46.9 Å². The maximum atomic E-state index is 5.05. The second kappa shape index (κ2) is 13.8. The summed E-state index contributed by atoms with van der Waals surface area (Å²) in [5.41, 5.74) is 1.25. The summed E-state index contributed by atoms with van der Waals surface area (Å²) in [6, 6.07) is 10.3. The van der Waals surface area contributed by atoms with Gasteiger partial charge in [0.25, 0.3) is 0 Å². The first-order valence-electron chi connectivity index (χ1n) is 7.42. The van der Waals surface area contributed by atoms with Crippen molar-refractivity contribution in [1.29, 1.82) is 0 Å². The molecule has 1 rings (SSSR count). The first-order valence-corrected chi connectivity index (χ1v) is 7.42. The zero-order valence-corrected chi connectivity index (χ0v) is 16.2. The predicted octanol–water partition coefficient (Wildman–Crippen LogP) is 1.94. The Labute approximate surface area is 151 Å². The standard InChI is InChI=1S/C16H28N4O.HI/c1-17-16(19-14-15-8-5-4-6-9-15)18-10-12-20(2)11-7-13-21-3;/h4-6,8-9H,7,10-14H2,1-3H3,(H2,17,18,19);1H. The second-order valence-electron chi connectivity index (χ2n) is 4.99. The second-order valence-corrected chi connectivity index (χ2v) is 4.99. The molecule has 0 aliphatic rings. The lowest BCUT2D eigenvalue weighted by Gasteiger charge is -2.18. The SMILES string of the molecule is CN=C(NCCN(C)CCCOC)NCc1ccccc1.I. The normalized spacial score (nSPS) is 11.2. The zero-order chi connectivity index (χ0) is 15.3. The average Bonchev–Trinajstić information content (AvgIpc) is 2.52. The van der Waals surface area contributed by atoms with E-state index < -0.39 is 0 Å². The monoisotopic (exact) mass is 420 g/mol. The molecule has 0 aliphatic heterocycles. The fourth-order valence-electron chi connectivity index (χ4n) is 1.96. The van der Waals surface area contributed by atoms with Crippen molar-refractivity contribution in [2.75, 3.05) is 47.4 Å². The molecule has 0 fully saturated rings. The molecule has 0 saturated heterocycles. The molecule has 0 heterocycles. The van der Waals surface area contributed by atoms with E-state index in [0.29, 0.717) is 0 Å². The zero-order valence-electron chi connectivity index (χ0n) is 13.8. The third kappa shape index (κ3) is 9.97. The van der Waals surface area contributed by atoms with Gasteiger partial charge in [0.1, 0.15) is 0 Å². The van der Waals surface area contributed by atoms with Crippen LogP contribution in [-0.4, -0.2) is 58.3 Å². The third-order valence-electron chi connectivity index (χ3n) is 3.20. The van der Waals surface area contributed by atoms with Crippen LogP contribution in [0.4, 0.5) is 0 Å². The molecule has 2 N–H and O–H groups in total. The summed E-state index contributed by atoms with van der Waals surface area (Å²) < 4.78 is 5.05. The Balaban J connectivity index is 0.00000441. The Hall–Kier alpha value is -0.860. The molecule has 1 aromatic rings. The van der Waals surface area contributed by atoms with Gasteiger partial charge in [-0.3, -0.25) is 4.99 Å². The number of benzene rings is 1. The number of ether oxygens (including phenoxy) is 1. The average molecular weight is 420 g/mol. The first kappa shape index (κ1) is 21.1. The highest BCUT2D eigenvalue weighted by molar-refractivity contribution is 14.0. The van der Waals surface area contributed by atoms with Crippen molar-refractivity contribution in [3.8, 4) is 0 Å². The van der Waals surface area contributed by atoms with Gasteiger partial charge in [-0.1, -0.05) is 30.3 Å². The van der Waals surface area contributed by atoms with E-state index in [4.69, 9.17) is 4.74 Å². The largest absolute Gasteiger partial charge is 0.385 e. The minimum Gasteiger partial charge on any atom is -0.385 e. The van der Waals surface area contributed by atoms with Gasteiger partial charge in [-0.2, -0.15) is 0 Å². The van der Waals surface area contributed by atoms with E-state index >= 15 is 0 Å². The topological polar surface area (TPSA) is 48.9 Å². The molecule has 22 heavy (non-hydrogen) atoms. The van der Waals surface area contributed by atoms with Crippen LogP contribution in [-0.2, 0) is 11.3 Å². The molecule has 1 aromatic carbocycles. The Morgan fingerprint density at radius 3 is 2.55 bits per heavy atom. The van der Waals surface area contributed by atoms with E-state index in [0.717, 1.165) is 45.2 Å². The van der Waals surface area contributed by atoms with Gasteiger partial charge < -0.3 is 20.3 Å². The number of aliphatic imine (C=N–C) groups is 1. The molecule has 6 heteroatoms. The smallest absolute Gasteiger partial charge is 0.191 e. The fourth-order valence-corrected chi connectivity index (χ4v) is 1.96. The van der Waals surface area contributed by atoms with Gasteiger partial charge in [-0.25, -0.2) is 0 Å². The van der Waals surface area contributed by atoms with Crippen LogP contribution in [0.5, 0.6) is 0 Å². The van der Waals surface area contributed by atoms with Gasteiger partial charge in [0.05, 0.1) is 0 Å². The summed E-state index contributed by atoms with van der Waals surface area (Å²) >= 11 is 0. The molecule has 0 aromatic heterocycles. The Morgan fingerprint density at radius 1 is 1.18 bits per heavy atom. The minimum absolute atomic E-state index is 0. The Kier molecular flexibility index (Phi) is 13.2. The Morgan fingerprint density at radius 2 is 1.91 bits per heavy atom. The highest BCUT2D eigenvalue weighted by atomic mass is 127. The van der Waals surface area contributed by atoms with Crippen molar-refractivity contribution >= 4 is 29.9 Å². The maximum Gasteiger partial charge on any atom is 0.191 e. The van der Waals surface area contributed by atoms with Crippen LogP contribution < -0.4 is 10.6 Å². The molecule has 0 atom stereocenters. The van der Waals surface area contributed by atoms with Crippen molar-refractivity contribution in [2.45, 2.75) is 13.0 Å². The molecule has 5 nitrogen and oxygen atoms in total. The number of halogens is 1. The van der Waals surface area contributed by atoms with Gasteiger partial charge >= 0.3 is 0 Å². The van der Waals surface area contributed by atoms with Crippen molar-refractivity contribution in [3.05, 3.63) is 35.9 Å². The summed E-state index contributed by atoms with van der Waals surface area (Å²) in [6.07, 6.45) is 1.06. The highest BCUT2D eigenvalue weighted by Crippen LogP contribution is 1.96. The quantitative estimate of drug-likeness (QED) is 0.278. The molecular formula is C16H29IN4O. The third-order valence-corrected chi connectivity index (χ3v) is 3.20. The summed E-state index contributed by atoms with van der Waals surface area (Å²) in [5, 5.41) is 6.64. The lowest BCUT2D eigenvalue weighted by molar-refractivity contribution is 0.180. The van der Waals surface area contributed by atoms with Crippen LogP contribution in [0.3, 0.4) is 0 Å². The molecular weight excluding hydrogens is 391 g/mol. The summed E-state index contributed by atoms with van der Waals surface area (Å²) in [4.78, 5) is 6.52. The van der Waals surface area contributed by atoms with Crippen LogP contribution in [0.1, 0.15) is 12.0 Å². The number of likely N-dealkylation sites (N-methyl/N-ethyl adjacent to an activating group) is 1. The molecule has 0 unspecified atom stereocenters. The molecule has 0 saturated carbocycles. The van der Waals surface area contributed by atoms with Crippen LogP contribution >= 0.6 is 24.0 Å². The molecule has 0 bridgehead atoms. The van der Waals surface area contributed by atoms with E-state index in [2.05, 4.69) is 39.7 Å².